The molecule has 0 N–H and O–H groups in total. The lowest BCUT2D eigenvalue weighted by atomic mass is 10.3. The Morgan fingerprint density at radius 1 is 1.67 bits per heavy atom. The van der Waals surface area contributed by atoms with Gasteiger partial charge < -0.3 is 0 Å². The van der Waals surface area contributed by atoms with Crippen molar-refractivity contribution in [2.45, 2.75) is 0 Å². The van der Waals surface area contributed by atoms with E-state index in [1.165, 1.54) is 12.3 Å². The van der Waals surface area contributed by atoms with Gasteiger partial charge in [0.2, 0.25) is 0 Å². The van der Waals surface area contributed by atoms with Crippen molar-refractivity contribution in [2.75, 3.05) is 0 Å². The number of halogens is 1. The first-order valence-electron chi connectivity index (χ1n) is 2.34. The summed E-state index contributed by atoms with van der Waals surface area (Å²) in [4.78, 5) is 3.47. The van der Waals surface area contributed by atoms with E-state index in [1.54, 1.807) is 6.07 Å². The lowest BCUT2D eigenvalue weighted by molar-refractivity contribution is 0.617. The average Bonchev–Trinajstić information content (AvgIpc) is 1.89. The molecule has 1 aromatic heterocycles. The van der Waals surface area contributed by atoms with Gasteiger partial charge in [0.1, 0.15) is 6.07 Å². The van der Waals surface area contributed by atoms with E-state index in [0.717, 1.165) is 6.20 Å². The number of rotatable bonds is 0. The van der Waals surface area contributed by atoms with Crippen molar-refractivity contribution in [2.24, 2.45) is 0 Å². The first-order chi connectivity index (χ1) is 4.34. The molecule has 2 nitrogen and oxygen atoms in total. The van der Waals surface area contributed by atoms with Gasteiger partial charge in [-0.05, 0) is 6.07 Å². The molecule has 0 aliphatic heterocycles. The van der Waals surface area contributed by atoms with Gasteiger partial charge >= 0.3 is 0 Å². The van der Waals surface area contributed by atoms with Gasteiger partial charge in [-0.15, -0.1) is 0 Å². The van der Waals surface area contributed by atoms with Gasteiger partial charge in [0.05, 0.1) is 11.8 Å². The highest BCUT2D eigenvalue weighted by atomic mass is 19.1. The standard InChI is InChI=1S/C6H3FN2/c7-6-4-9-2-1-5(6)3-8/h1-2,4H. The topological polar surface area (TPSA) is 36.7 Å². The Kier molecular flexibility index (Phi) is 1.41. The van der Waals surface area contributed by atoms with Crippen LogP contribution >= 0.6 is 0 Å². The number of aromatic nitrogens is 1. The maximum Gasteiger partial charge on any atom is 0.159 e. The summed E-state index contributed by atoms with van der Waals surface area (Å²) in [5, 5.41) is 8.20. The highest BCUT2D eigenvalue weighted by Crippen LogP contribution is 2.00. The van der Waals surface area contributed by atoms with Crippen molar-refractivity contribution in [3.8, 4) is 6.07 Å². The van der Waals surface area contributed by atoms with E-state index < -0.39 is 5.82 Å². The molecule has 0 aliphatic rings. The summed E-state index contributed by atoms with van der Waals surface area (Å²) in [6.45, 7) is 0. The summed E-state index contributed by atoms with van der Waals surface area (Å²) in [7, 11) is 0. The third kappa shape index (κ3) is 1.03. The lowest BCUT2D eigenvalue weighted by Gasteiger charge is -1.86. The van der Waals surface area contributed by atoms with Crippen molar-refractivity contribution >= 4 is 0 Å². The minimum Gasteiger partial charge on any atom is -0.262 e. The second-order valence-corrected chi connectivity index (χ2v) is 1.47. The van der Waals surface area contributed by atoms with Crippen LogP contribution in [0.25, 0.3) is 0 Å². The van der Waals surface area contributed by atoms with Crippen molar-refractivity contribution < 1.29 is 4.39 Å². The van der Waals surface area contributed by atoms with Gasteiger partial charge in [-0.1, -0.05) is 0 Å². The molecule has 3 heteroatoms. The zero-order chi connectivity index (χ0) is 6.69. The van der Waals surface area contributed by atoms with Crippen molar-refractivity contribution in [1.29, 1.82) is 5.26 Å². The molecule has 1 rings (SSSR count). The van der Waals surface area contributed by atoms with Gasteiger partial charge in [-0.2, -0.15) is 5.26 Å². The average molecular weight is 122 g/mol. The highest BCUT2D eigenvalue weighted by molar-refractivity contribution is 5.26. The largest absolute Gasteiger partial charge is 0.262 e. The summed E-state index contributed by atoms with van der Waals surface area (Å²) in [5.74, 6) is -0.569. The quantitative estimate of drug-likeness (QED) is 0.516. The van der Waals surface area contributed by atoms with E-state index in [0.29, 0.717) is 0 Å². The Morgan fingerprint density at radius 2 is 2.44 bits per heavy atom. The van der Waals surface area contributed by atoms with Gasteiger partial charge in [0.25, 0.3) is 0 Å². The van der Waals surface area contributed by atoms with Crippen LogP contribution in [0.3, 0.4) is 0 Å². The molecule has 0 saturated heterocycles. The summed E-state index contributed by atoms with van der Waals surface area (Å²) < 4.78 is 12.3. The SMILES string of the molecule is N#Cc1ccncc1F. The monoisotopic (exact) mass is 122 g/mol. The number of nitriles is 1. The molecular formula is C6H3FN2. The van der Waals surface area contributed by atoms with Crippen LogP contribution in [0.2, 0.25) is 0 Å². The Bertz CT molecular complexity index is 251. The Hall–Kier alpha value is -1.43. The van der Waals surface area contributed by atoms with Crippen LogP contribution in [0.4, 0.5) is 4.39 Å². The Labute approximate surface area is 51.6 Å². The second kappa shape index (κ2) is 2.23. The molecule has 44 valence electrons. The fourth-order valence-corrected chi connectivity index (χ4v) is 0.466. The van der Waals surface area contributed by atoms with E-state index in [2.05, 4.69) is 4.98 Å². The fraction of sp³-hybridized carbons (Fsp3) is 0. The van der Waals surface area contributed by atoms with Crippen LogP contribution in [-0.2, 0) is 0 Å². The smallest absolute Gasteiger partial charge is 0.159 e. The number of hydrogen-bond donors (Lipinski definition) is 0. The summed E-state index contributed by atoms with van der Waals surface area (Å²) in [6.07, 6.45) is 2.39. The minimum absolute atomic E-state index is 0.0324. The Morgan fingerprint density at radius 3 is 2.89 bits per heavy atom. The second-order valence-electron chi connectivity index (χ2n) is 1.47. The number of hydrogen-bond acceptors (Lipinski definition) is 2. The first kappa shape index (κ1) is 5.70. The van der Waals surface area contributed by atoms with Gasteiger partial charge in [0.15, 0.2) is 5.82 Å². The third-order valence-electron chi connectivity index (χ3n) is 0.893. The van der Waals surface area contributed by atoms with E-state index in [4.69, 9.17) is 5.26 Å². The highest BCUT2D eigenvalue weighted by Gasteiger charge is 1.95. The van der Waals surface area contributed by atoms with Crippen LogP contribution in [0.1, 0.15) is 5.56 Å². The van der Waals surface area contributed by atoms with Crippen molar-refractivity contribution in [3.63, 3.8) is 0 Å². The van der Waals surface area contributed by atoms with Crippen molar-refractivity contribution in [3.05, 3.63) is 29.8 Å². The van der Waals surface area contributed by atoms with E-state index in [9.17, 15) is 4.39 Å². The molecule has 0 radical (unpaired) electrons. The maximum atomic E-state index is 12.3. The predicted octanol–water partition coefficient (Wildman–Crippen LogP) is 1.09. The van der Waals surface area contributed by atoms with Crippen LogP contribution < -0.4 is 0 Å². The van der Waals surface area contributed by atoms with Gasteiger partial charge in [-0.3, -0.25) is 4.98 Å². The molecule has 1 aromatic rings. The summed E-state index contributed by atoms with van der Waals surface area (Å²) in [5.41, 5.74) is 0.0324. The van der Waals surface area contributed by atoms with Crippen LogP contribution in [0.5, 0.6) is 0 Å². The van der Waals surface area contributed by atoms with E-state index in [1.807, 2.05) is 0 Å². The molecule has 0 fully saturated rings. The Balaban J connectivity index is 3.20. The molecule has 0 aromatic carbocycles. The molecule has 0 aliphatic carbocycles. The molecule has 0 atom stereocenters. The lowest BCUT2D eigenvalue weighted by Crippen LogP contribution is -1.82. The van der Waals surface area contributed by atoms with E-state index in [-0.39, 0.29) is 5.56 Å². The van der Waals surface area contributed by atoms with Gasteiger partial charge in [0, 0.05) is 6.20 Å². The number of nitrogens with zero attached hydrogens (tertiary/aromatic N) is 2. The van der Waals surface area contributed by atoms with Gasteiger partial charge in [-0.25, -0.2) is 4.39 Å². The van der Waals surface area contributed by atoms with Crippen molar-refractivity contribution in [1.82, 2.24) is 4.98 Å². The predicted molar refractivity (Wildman–Crippen MR) is 28.9 cm³/mol. The normalized spacial score (nSPS) is 8.44. The zero-order valence-corrected chi connectivity index (χ0v) is 4.50. The third-order valence-corrected chi connectivity index (χ3v) is 0.893. The zero-order valence-electron chi connectivity index (χ0n) is 4.50. The molecule has 0 spiro atoms. The number of pyridine rings is 1. The van der Waals surface area contributed by atoms with Crippen LogP contribution in [-0.4, -0.2) is 4.98 Å². The van der Waals surface area contributed by atoms with Crippen LogP contribution in [0.15, 0.2) is 18.5 Å². The molecule has 0 saturated carbocycles. The molecule has 0 unspecified atom stereocenters. The fourth-order valence-electron chi connectivity index (χ4n) is 0.466. The van der Waals surface area contributed by atoms with E-state index >= 15 is 0 Å². The molecule has 0 bridgehead atoms. The first-order valence-corrected chi connectivity index (χ1v) is 2.34. The maximum absolute atomic E-state index is 12.3. The molecule has 0 amide bonds. The summed E-state index contributed by atoms with van der Waals surface area (Å²) >= 11 is 0. The molecular weight excluding hydrogens is 119 g/mol. The van der Waals surface area contributed by atoms with Crippen LogP contribution in [0, 0.1) is 17.1 Å². The molecule has 1 heterocycles. The summed E-state index contributed by atoms with van der Waals surface area (Å²) in [6, 6.07) is 3.01. The minimum atomic E-state index is -0.569. The molecule has 9 heavy (non-hydrogen) atoms.